The summed E-state index contributed by atoms with van der Waals surface area (Å²) in [6.45, 7) is 0. The number of nitrogens with one attached hydrogen (secondary N) is 3. The lowest BCUT2D eigenvalue weighted by molar-refractivity contribution is -0.123. The van der Waals surface area contributed by atoms with E-state index in [9.17, 15) is 18.4 Å². The number of benzene rings is 2. The molecule has 4 aromatic rings. The van der Waals surface area contributed by atoms with Crippen molar-refractivity contribution in [2.24, 2.45) is 0 Å². The third kappa shape index (κ3) is 8.43. The molecule has 2 heterocycles. The van der Waals surface area contributed by atoms with Crippen molar-refractivity contribution in [1.29, 1.82) is 0 Å². The minimum absolute atomic E-state index is 0.271. The zero-order valence-corrected chi connectivity index (χ0v) is 23.1. The number of alkyl carbamates (subject to hydrolysis) is 1. The summed E-state index contributed by atoms with van der Waals surface area (Å²) in [5, 5.41) is 10.4. The molecule has 0 fully saturated rings. The van der Waals surface area contributed by atoms with E-state index in [4.69, 9.17) is 9.72 Å². The highest BCUT2D eigenvalue weighted by Crippen LogP contribution is 2.31. The van der Waals surface area contributed by atoms with Gasteiger partial charge in [-0.15, -0.1) is 22.7 Å². The zero-order chi connectivity index (χ0) is 27.6. The average Bonchev–Trinajstić information content (AvgIpc) is 3.65. The molecule has 39 heavy (non-hydrogen) atoms. The number of rotatable bonds is 12. The van der Waals surface area contributed by atoms with E-state index in [1.165, 1.54) is 18.4 Å². The van der Waals surface area contributed by atoms with E-state index in [0.717, 1.165) is 21.0 Å². The maximum atomic E-state index is 13.5. The molecule has 0 saturated heterocycles. The maximum absolute atomic E-state index is 13.5. The predicted molar refractivity (Wildman–Crippen MR) is 150 cm³/mol. The van der Waals surface area contributed by atoms with Gasteiger partial charge in [-0.05, 0) is 41.1 Å². The minimum atomic E-state index is -2.70. The summed E-state index contributed by atoms with van der Waals surface area (Å²) in [6.07, 6.45) is -0.0434. The van der Waals surface area contributed by atoms with Crippen molar-refractivity contribution in [2.75, 3.05) is 12.6 Å². The Kier molecular flexibility index (Phi) is 10.2. The Morgan fingerprint density at radius 2 is 1.72 bits per heavy atom. The van der Waals surface area contributed by atoms with Crippen molar-refractivity contribution in [3.8, 4) is 9.88 Å². The fourth-order valence-electron chi connectivity index (χ4n) is 3.75. The number of nitrogens with zero attached hydrogens (tertiary/aromatic N) is 1. The van der Waals surface area contributed by atoms with Crippen LogP contribution in [0.25, 0.3) is 9.88 Å². The first kappa shape index (κ1) is 28.4. The molecule has 4 rings (SSSR count). The lowest BCUT2D eigenvalue weighted by atomic mass is 10.0. The van der Waals surface area contributed by atoms with Gasteiger partial charge >= 0.3 is 6.09 Å². The fraction of sp³-hybridized carbons (Fsp3) is 0.192. The molecule has 2 aromatic carbocycles. The monoisotopic (exact) mass is 585 g/mol. The molecule has 0 aliphatic heterocycles. The number of amides is 2. The number of ether oxygens (including phenoxy) is 1. The van der Waals surface area contributed by atoms with Gasteiger partial charge < -0.3 is 19.9 Å². The van der Waals surface area contributed by atoms with Gasteiger partial charge in [-0.3, -0.25) is 10.3 Å². The summed E-state index contributed by atoms with van der Waals surface area (Å²) in [5.74, 6) is -0.385. The Morgan fingerprint density at radius 1 is 0.974 bits per heavy atom. The molecule has 0 spiro atoms. The molecule has 2 amide bonds. The first-order valence-electron chi connectivity index (χ1n) is 11.7. The molecule has 1 unspecified atom stereocenters. The van der Waals surface area contributed by atoms with Crippen molar-refractivity contribution in [1.82, 2.24) is 15.6 Å². The van der Waals surface area contributed by atoms with Gasteiger partial charge in [0.05, 0.1) is 29.4 Å². The van der Waals surface area contributed by atoms with Gasteiger partial charge in [-0.2, -0.15) is 4.28 Å². The second-order valence-corrected chi connectivity index (χ2v) is 10.7. The zero-order valence-electron chi connectivity index (χ0n) is 20.7. The standard InChI is InChI=1S/C26H26N4O6S3/c1-35-26(32)29-21(15-17-6-3-2-4-7-17)24(31)27-20(22-16-38-25(28-22)23-8-5-13-37-23)14-18-9-11-19(12-10-18)30-36-39(33)34/h2-13,16,20-21,30H,14-15H2,1H3,(H,27,31)(H,29,32)(H,33,34)/p-1/t20-,21-/m0/s1. The van der Waals surface area contributed by atoms with Gasteiger partial charge in [-0.1, -0.05) is 48.5 Å². The molecule has 10 nitrogen and oxygen atoms in total. The number of hydrogen-bond donors (Lipinski definition) is 3. The van der Waals surface area contributed by atoms with Crippen LogP contribution in [0, 0.1) is 0 Å². The van der Waals surface area contributed by atoms with Crippen molar-refractivity contribution in [3.63, 3.8) is 0 Å². The first-order chi connectivity index (χ1) is 18.9. The topological polar surface area (TPSA) is 142 Å². The van der Waals surface area contributed by atoms with Crippen LogP contribution in [-0.4, -0.2) is 38.9 Å². The van der Waals surface area contributed by atoms with E-state index < -0.39 is 29.5 Å². The second kappa shape index (κ2) is 14.0. The molecule has 0 saturated carbocycles. The normalized spacial score (nSPS) is 13.2. The predicted octanol–water partition coefficient (Wildman–Crippen LogP) is 4.38. The molecule has 3 N–H and O–H groups in total. The molecule has 204 valence electrons. The van der Waals surface area contributed by atoms with Crippen LogP contribution < -0.4 is 16.1 Å². The molecule has 0 radical (unpaired) electrons. The number of methoxy groups -OCH3 is 1. The minimum Gasteiger partial charge on any atom is -0.748 e. The molecular weight excluding hydrogens is 561 g/mol. The van der Waals surface area contributed by atoms with Crippen LogP contribution in [0.15, 0.2) is 77.5 Å². The van der Waals surface area contributed by atoms with E-state index in [-0.39, 0.29) is 12.3 Å². The average molecular weight is 586 g/mol. The van der Waals surface area contributed by atoms with Crippen LogP contribution in [0.1, 0.15) is 22.9 Å². The Morgan fingerprint density at radius 3 is 2.38 bits per heavy atom. The summed E-state index contributed by atoms with van der Waals surface area (Å²) < 4.78 is 30.4. The number of aromatic nitrogens is 1. The summed E-state index contributed by atoms with van der Waals surface area (Å²) in [6, 6.07) is 18.8. The van der Waals surface area contributed by atoms with E-state index >= 15 is 0 Å². The smallest absolute Gasteiger partial charge is 0.407 e. The van der Waals surface area contributed by atoms with E-state index in [1.54, 1.807) is 35.6 Å². The number of carbonyl (C=O) groups is 2. The summed E-state index contributed by atoms with van der Waals surface area (Å²) in [5.41, 5.74) is 5.19. The molecule has 3 atom stereocenters. The van der Waals surface area contributed by atoms with Gasteiger partial charge in [0.15, 0.2) is 0 Å². The van der Waals surface area contributed by atoms with Crippen molar-refractivity contribution in [2.45, 2.75) is 24.9 Å². The highest BCUT2D eigenvalue weighted by atomic mass is 32.2. The number of hydrogen-bond acceptors (Lipinski definition) is 10. The summed E-state index contributed by atoms with van der Waals surface area (Å²) in [4.78, 5) is 31.4. The van der Waals surface area contributed by atoms with Gasteiger partial charge in [0, 0.05) is 11.8 Å². The van der Waals surface area contributed by atoms with Gasteiger partial charge in [0.25, 0.3) is 0 Å². The molecule has 0 aliphatic rings. The SMILES string of the molecule is COC(=O)N[C@@H](Cc1ccccc1)C(=O)N[C@@H](Cc1ccc(NOS(=O)[O-])cc1)c1csc(-c2cccs2)n1. The highest BCUT2D eigenvalue weighted by Gasteiger charge is 2.26. The molecule has 0 aliphatic carbocycles. The van der Waals surface area contributed by atoms with Crippen LogP contribution in [0.3, 0.4) is 0 Å². The molecule has 13 heteroatoms. The fourth-order valence-corrected chi connectivity index (χ4v) is 5.60. The van der Waals surface area contributed by atoms with Crippen LogP contribution >= 0.6 is 22.7 Å². The lowest BCUT2D eigenvalue weighted by Crippen LogP contribution is -2.49. The second-order valence-electron chi connectivity index (χ2n) is 8.28. The van der Waals surface area contributed by atoms with Crippen LogP contribution in [0.2, 0.25) is 0 Å². The van der Waals surface area contributed by atoms with Crippen LogP contribution in [0.5, 0.6) is 0 Å². The third-order valence-corrected chi connectivity index (χ3v) is 7.74. The van der Waals surface area contributed by atoms with E-state index in [2.05, 4.69) is 20.4 Å². The van der Waals surface area contributed by atoms with Crippen molar-refractivity contribution in [3.05, 3.63) is 94.3 Å². The first-order valence-corrected chi connectivity index (χ1v) is 14.5. The van der Waals surface area contributed by atoms with Crippen molar-refractivity contribution >= 4 is 51.7 Å². The van der Waals surface area contributed by atoms with Gasteiger partial charge in [-0.25, -0.2) is 14.0 Å². The lowest BCUT2D eigenvalue weighted by Gasteiger charge is -2.23. The quantitative estimate of drug-likeness (QED) is 0.164. The number of anilines is 1. The summed E-state index contributed by atoms with van der Waals surface area (Å²) in [7, 11) is 1.25. The Hall–Kier alpha value is -3.62. The van der Waals surface area contributed by atoms with E-state index in [0.29, 0.717) is 17.8 Å². The van der Waals surface area contributed by atoms with E-state index in [1.807, 2.05) is 53.2 Å². The number of thiazole rings is 1. The van der Waals surface area contributed by atoms with Crippen LogP contribution in [-0.2, 0) is 38.0 Å². The van der Waals surface area contributed by atoms with Gasteiger partial charge in [0.1, 0.15) is 22.4 Å². The molecule has 2 aromatic heterocycles. The number of carbonyl (C=O) groups excluding carboxylic acids is 2. The van der Waals surface area contributed by atoms with Crippen molar-refractivity contribution < 1.29 is 27.4 Å². The number of thiophene rings is 1. The summed E-state index contributed by atoms with van der Waals surface area (Å²) >= 11 is 0.361. The third-order valence-electron chi connectivity index (χ3n) is 5.63. The maximum Gasteiger partial charge on any atom is 0.407 e. The van der Waals surface area contributed by atoms with Crippen LogP contribution in [0.4, 0.5) is 10.5 Å². The largest absolute Gasteiger partial charge is 0.748 e. The highest BCUT2D eigenvalue weighted by molar-refractivity contribution is 7.74. The molecular formula is C26H25N4O6S3-. The van der Waals surface area contributed by atoms with Gasteiger partial charge in [0.2, 0.25) is 5.91 Å². The Balaban J connectivity index is 1.56. The Labute approximate surface area is 235 Å². The molecule has 0 bridgehead atoms. The Bertz CT molecular complexity index is 1380.